The summed E-state index contributed by atoms with van der Waals surface area (Å²) in [4.78, 5) is 10.0. The molecule has 1 aliphatic carbocycles. The molecule has 0 amide bonds. The van der Waals surface area contributed by atoms with Crippen molar-refractivity contribution in [3.8, 4) is 0 Å². The maximum atomic E-state index is 10.0. The molecule has 1 aromatic carbocycles. The molecule has 1 aromatic rings. The molecule has 2 N–H and O–H groups in total. The molecule has 4 nitrogen and oxygen atoms in total. The fourth-order valence-electron chi connectivity index (χ4n) is 3.11. The second kappa shape index (κ2) is 9.92. The van der Waals surface area contributed by atoms with Crippen LogP contribution in [0, 0.1) is 17.8 Å². The van der Waals surface area contributed by atoms with E-state index in [0.29, 0.717) is 17.8 Å². The van der Waals surface area contributed by atoms with Gasteiger partial charge >= 0.3 is 0 Å². The summed E-state index contributed by atoms with van der Waals surface area (Å²) in [7, 11) is 0. The zero-order valence-electron chi connectivity index (χ0n) is 15.3. The second-order valence-corrected chi connectivity index (χ2v) is 7.11. The molecule has 24 heavy (non-hydrogen) atoms. The number of aliphatic hydroxyl groups is 2. The Kier molecular flexibility index (Phi) is 8.60. The Labute approximate surface area is 145 Å². The lowest BCUT2D eigenvalue weighted by molar-refractivity contribution is -0.364. The molecule has 0 saturated heterocycles. The maximum Gasteiger partial charge on any atom is 0.277 e. The lowest BCUT2D eigenvalue weighted by Crippen LogP contribution is -2.43. The summed E-state index contributed by atoms with van der Waals surface area (Å²) < 4.78 is 5.48. The summed E-state index contributed by atoms with van der Waals surface area (Å²) in [5, 5.41) is 19.2. The number of hydrogen-bond donors (Lipinski definition) is 2. The summed E-state index contributed by atoms with van der Waals surface area (Å²) >= 11 is 0. The van der Waals surface area contributed by atoms with Crippen molar-refractivity contribution in [2.24, 2.45) is 17.8 Å². The highest BCUT2D eigenvalue weighted by Crippen LogP contribution is 2.36. The highest BCUT2D eigenvalue weighted by molar-refractivity contribution is 5.74. The van der Waals surface area contributed by atoms with E-state index in [4.69, 9.17) is 4.74 Å². The Morgan fingerprint density at radius 2 is 1.88 bits per heavy atom. The van der Waals surface area contributed by atoms with Gasteiger partial charge in [0.2, 0.25) is 0 Å². The smallest absolute Gasteiger partial charge is 0.277 e. The standard InChI is InChI=1S/C13H26O3.C7H6O/c1-5-13(14,15)16-12-8-10(4)6-7-11(12)9(2)3;8-6-7-4-2-1-3-5-7/h9-12,14-15H,5-8H2,1-4H3;1-6H. The Hall–Kier alpha value is -1.23. The van der Waals surface area contributed by atoms with Crippen LogP contribution in [0.25, 0.3) is 0 Å². The van der Waals surface area contributed by atoms with Crippen LogP contribution in [0.15, 0.2) is 30.3 Å². The number of hydrogen-bond acceptors (Lipinski definition) is 4. The molecule has 0 radical (unpaired) electrons. The van der Waals surface area contributed by atoms with Crippen molar-refractivity contribution >= 4 is 6.29 Å². The first kappa shape index (κ1) is 20.8. The van der Waals surface area contributed by atoms with E-state index in [1.165, 1.54) is 6.42 Å². The Morgan fingerprint density at radius 1 is 1.25 bits per heavy atom. The van der Waals surface area contributed by atoms with Crippen LogP contribution in [0.4, 0.5) is 0 Å². The van der Waals surface area contributed by atoms with Gasteiger partial charge in [-0.15, -0.1) is 0 Å². The number of carbonyl (C=O) groups is 1. The molecule has 1 fully saturated rings. The van der Waals surface area contributed by atoms with E-state index in [-0.39, 0.29) is 12.5 Å². The molecule has 136 valence electrons. The average Bonchev–Trinajstić information content (AvgIpc) is 2.55. The topological polar surface area (TPSA) is 66.8 Å². The van der Waals surface area contributed by atoms with Gasteiger partial charge in [-0.25, -0.2) is 0 Å². The number of ether oxygens (including phenoxy) is 1. The molecule has 2 rings (SSSR count). The van der Waals surface area contributed by atoms with Gasteiger partial charge in [-0.1, -0.05) is 64.4 Å². The van der Waals surface area contributed by atoms with Crippen LogP contribution >= 0.6 is 0 Å². The van der Waals surface area contributed by atoms with Crippen molar-refractivity contribution in [1.82, 2.24) is 0 Å². The fourth-order valence-corrected chi connectivity index (χ4v) is 3.11. The van der Waals surface area contributed by atoms with Crippen molar-refractivity contribution in [3.05, 3.63) is 35.9 Å². The van der Waals surface area contributed by atoms with E-state index in [0.717, 1.165) is 24.7 Å². The van der Waals surface area contributed by atoms with Crippen LogP contribution in [0.3, 0.4) is 0 Å². The molecule has 0 aliphatic heterocycles. The molecular formula is C20H32O4. The first-order valence-corrected chi connectivity index (χ1v) is 8.91. The van der Waals surface area contributed by atoms with Crippen molar-refractivity contribution < 1.29 is 19.7 Å². The molecular weight excluding hydrogens is 304 g/mol. The lowest BCUT2D eigenvalue weighted by Gasteiger charge is -2.39. The number of aldehydes is 1. The summed E-state index contributed by atoms with van der Waals surface area (Å²) in [5.74, 6) is -0.353. The third kappa shape index (κ3) is 7.12. The molecule has 0 spiro atoms. The molecule has 3 unspecified atom stereocenters. The van der Waals surface area contributed by atoms with Crippen molar-refractivity contribution in [1.29, 1.82) is 0 Å². The van der Waals surface area contributed by atoms with Gasteiger partial charge in [0.1, 0.15) is 6.29 Å². The predicted octanol–water partition coefficient (Wildman–Crippen LogP) is 4.01. The molecule has 3 atom stereocenters. The van der Waals surface area contributed by atoms with Crippen LogP contribution < -0.4 is 0 Å². The van der Waals surface area contributed by atoms with Gasteiger partial charge in [0, 0.05) is 12.0 Å². The van der Waals surface area contributed by atoms with E-state index < -0.39 is 5.97 Å². The number of rotatable bonds is 5. The van der Waals surface area contributed by atoms with Gasteiger partial charge in [0.05, 0.1) is 6.10 Å². The zero-order chi connectivity index (χ0) is 18.2. The van der Waals surface area contributed by atoms with Crippen LogP contribution in [-0.2, 0) is 4.74 Å². The van der Waals surface area contributed by atoms with Gasteiger partial charge in [-0.05, 0) is 30.6 Å². The van der Waals surface area contributed by atoms with E-state index in [1.54, 1.807) is 19.1 Å². The SMILES string of the molecule is CCC(O)(O)OC1CC(C)CCC1C(C)C.O=Cc1ccccc1. The third-order valence-electron chi connectivity index (χ3n) is 4.70. The van der Waals surface area contributed by atoms with Crippen LogP contribution in [-0.4, -0.2) is 28.6 Å². The molecule has 0 aromatic heterocycles. The zero-order valence-corrected chi connectivity index (χ0v) is 15.3. The van der Waals surface area contributed by atoms with Crippen LogP contribution in [0.2, 0.25) is 0 Å². The van der Waals surface area contributed by atoms with E-state index in [9.17, 15) is 15.0 Å². The average molecular weight is 336 g/mol. The fraction of sp³-hybridized carbons (Fsp3) is 0.650. The first-order valence-electron chi connectivity index (χ1n) is 8.91. The van der Waals surface area contributed by atoms with Crippen molar-refractivity contribution in [3.63, 3.8) is 0 Å². The van der Waals surface area contributed by atoms with E-state index in [2.05, 4.69) is 20.8 Å². The Morgan fingerprint density at radius 3 is 2.33 bits per heavy atom. The summed E-state index contributed by atoms with van der Waals surface area (Å²) in [6, 6.07) is 9.10. The quantitative estimate of drug-likeness (QED) is 0.630. The molecule has 0 heterocycles. The predicted molar refractivity (Wildman–Crippen MR) is 95.5 cm³/mol. The Bertz CT molecular complexity index is 470. The number of carbonyl (C=O) groups excluding carboxylic acids is 1. The first-order chi connectivity index (χ1) is 11.3. The number of benzene rings is 1. The highest BCUT2D eigenvalue weighted by atomic mass is 16.8. The summed E-state index contributed by atoms with van der Waals surface area (Å²) in [6.45, 7) is 8.28. The summed E-state index contributed by atoms with van der Waals surface area (Å²) in [6.07, 6.45) is 4.31. The molecule has 4 heteroatoms. The van der Waals surface area contributed by atoms with Crippen LogP contribution in [0.5, 0.6) is 0 Å². The van der Waals surface area contributed by atoms with Crippen molar-refractivity contribution in [2.75, 3.05) is 0 Å². The molecule has 1 aliphatic rings. The highest BCUT2D eigenvalue weighted by Gasteiger charge is 2.36. The maximum absolute atomic E-state index is 10.0. The van der Waals surface area contributed by atoms with Gasteiger partial charge in [0.15, 0.2) is 0 Å². The largest absolute Gasteiger partial charge is 0.343 e. The van der Waals surface area contributed by atoms with E-state index >= 15 is 0 Å². The minimum Gasteiger partial charge on any atom is -0.343 e. The minimum atomic E-state index is -1.95. The third-order valence-corrected chi connectivity index (χ3v) is 4.70. The summed E-state index contributed by atoms with van der Waals surface area (Å²) in [5.41, 5.74) is 0.729. The van der Waals surface area contributed by atoms with Crippen LogP contribution in [0.1, 0.15) is 63.7 Å². The monoisotopic (exact) mass is 336 g/mol. The van der Waals surface area contributed by atoms with Gasteiger partial charge in [0.25, 0.3) is 5.97 Å². The van der Waals surface area contributed by atoms with Gasteiger partial charge in [-0.3, -0.25) is 4.79 Å². The molecule has 1 saturated carbocycles. The Balaban J connectivity index is 0.000000300. The normalized spacial score (nSPS) is 24.2. The lowest BCUT2D eigenvalue weighted by atomic mass is 9.75. The van der Waals surface area contributed by atoms with E-state index in [1.807, 2.05) is 18.2 Å². The molecule has 0 bridgehead atoms. The van der Waals surface area contributed by atoms with Crippen molar-refractivity contribution in [2.45, 2.75) is 65.5 Å². The van der Waals surface area contributed by atoms with Gasteiger partial charge < -0.3 is 14.9 Å². The minimum absolute atomic E-state index is 0.0151. The second-order valence-electron chi connectivity index (χ2n) is 7.11. The van der Waals surface area contributed by atoms with Gasteiger partial charge in [-0.2, -0.15) is 0 Å².